The summed E-state index contributed by atoms with van der Waals surface area (Å²) in [6, 6.07) is 10.4. The van der Waals surface area contributed by atoms with Crippen molar-refractivity contribution in [2.24, 2.45) is 0 Å². The normalized spacial score (nSPS) is 18.2. The molecule has 1 fully saturated rings. The number of nitrogens with zero attached hydrogens (tertiary/aromatic N) is 4. The van der Waals surface area contributed by atoms with Gasteiger partial charge in [0.1, 0.15) is 5.82 Å². The van der Waals surface area contributed by atoms with Crippen molar-refractivity contribution in [1.82, 2.24) is 19.7 Å². The molecule has 2 aromatic rings. The molecule has 6 heteroatoms. The third kappa shape index (κ3) is 3.58. The molecule has 1 amide bonds. The Morgan fingerprint density at radius 3 is 2.78 bits per heavy atom. The van der Waals surface area contributed by atoms with E-state index < -0.39 is 0 Å². The zero-order chi connectivity index (χ0) is 16.2. The van der Waals surface area contributed by atoms with Crippen LogP contribution >= 0.6 is 11.8 Å². The molecule has 0 radical (unpaired) electrons. The van der Waals surface area contributed by atoms with Crippen molar-refractivity contribution in [3.05, 3.63) is 36.2 Å². The maximum absolute atomic E-state index is 12.5. The molecular weight excluding hydrogens is 308 g/mol. The second kappa shape index (κ2) is 7.17. The van der Waals surface area contributed by atoms with Crippen molar-refractivity contribution in [3.63, 3.8) is 0 Å². The third-order valence-electron chi connectivity index (χ3n) is 4.26. The highest BCUT2D eigenvalue weighted by Crippen LogP contribution is 2.23. The number of benzene rings is 1. The highest BCUT2D eigenvalue weighted by molar-refractivity contribution is 7.99. The molecule has 1 aliphatic rings. The molecule has 1 aromatic carbocycles. The Hall–Kier alpha value is -1.82. The molecule has 2 heterocycles. The second-order valence-corrected chi connectivity index (χ2v) is 6.86. The van der Waals surface area contributed by atoms with Crippen LogP contribution in [0.15, 0.2) is 35.5 Å². The van der Waals surface area contributed by atoms with Crippen LogP contribution in [0, 0.1) is 6.92 Å². The van der Waals surface area contributed by atoms with E-state index >= 15 is 0 Å². The fourth-order valence-corrected chi connectivity index (χ4v) is 3.87. The zero-order valence-corrected chi connectivity index (χ0v) is 14.4. The topological polar surface area (TPSA) is 51.0 Å². The van der Waals surface area contributed by atoms with E-state index in [2.05, 4.69) is 17.1 Å². The van der Waals surface area contributed by atoms with Crippen molar-refractivity contribution in [1.29, 1.82) is 0 Å². The number of aromatic nitrogens is 3. The fraction of sp³-hybridized carbons (Fsp3) is 0.471. The molecule has 23 heavy (non-hydrogen) atoms. The number of hydrogen-bond acceptors (Lipinski definition) is 4. The van der Waals surface area contributed by atoms with Gasteiger partial charge in [-0.05, 0) is 45.2 Å². The molecule has 0 aliphatic carbocycles. The molecule has 0 bridgehead atoms. The largest absolute Gasteiger partial charge is 0.339 e. The molecule has 1 unspecified atom stereocenters. The number of thioether (sulfide) groups is 1. The molecule has 1 saturated heterocycles. The SMILES string of the molecule is Cc1nnc(SCC(=O)N2CCCCC2C)n1-c1ccccc1. The first-order chi connectivity index (χ1) is 11.2. The molecule has 3 rings (SSSR count). The molecule has 122 valence electrons. The quantitative estimate of drug-likeness (QED) is 0.809. The van der Waals surface area contributed by atoms with Crippen LogP contribution in [0.3, 0.4) is 0 Å². The van der Waals surface area contributed by atoms with Gasteiger partial charge in [-0.3, -0.25) is 9.36 Å². The van der Waals surface area contributed by atoms with E-state index in [4.69, 9.17) is 0 Å². The number of piperidine rings is 1. The predicted molar refractivity (Wildman–Crippen MR) is 91.8 cm³/mol. The van der Waals surface area contributed by atoms with Crippen LogP contribution in [0.1, 0.15) is 32.0 Å². The van der Waals surface area contributed by atoms with Gasteiger partial charge in [0.05, 0.1) is 5.75 Å². The van der Waals surface area contributed by atoms with Crippen LogP contribution in [-0.4, -0.2) is 43.9 Å². The van der Waals surface area contributed by atoms with E-state index in [0.29, 0.717) is 11.8 Å². The van der Waals surface area contributed by atoms with Crippen molar-refractivity contribution >= 4 is 17.7 Å². The first kappa shape index (κ1) is 16.1. The van der Waals surface area contributed by atoms with Crippen molar-refractivity contribution in [2.75, 3.05) is 12.3 Å². The highest BCUT2D eigenvalue weighted by Gasteiger charge is 2.23. The van der Waals surface area contributed by atoms with Gasteiger partial charge in [0.25, 0.3) is 0 Å². The van der Waals surface area contributed by atoms with Gasteiger partial charge in [0.15, 0.2) is 5.16 Å². The molecule has 1 atom stereocenters. The summed E-state index contributed by atoms with van der Waals surface area (Å²) in [5, 5.41) is 9.17. The van der Waals surface area contributed by atoms with E-state index in [1.807, 2.05) is 46.7 Å². The van der Waals surface area contributed by atoms with Crippen molar-refractivity contribution in [2.45, 2.75) is 44.3 Å². The van der Waals surface area contributed by atoms with Crippen LogP contribution in [-0.2, 0) is 4.79 Å². The van der Waals surface area contributed by atoms with E-state index in [1.54, 1.807) is 0 Å². The summed E-state index contributed by atoms with van der Waals surface area (Å²) in [5.41, 5.74) is 1.02. The third-order valence-corrected chi connectivity index (χ3v) is 5.17. The molecule has 1 aromatic heterocycles. The van der Waals surface area contributed by atoms with Gasteiger partial charge in [0.2, 0.25) is 5.91 Å². The standard InChI is InChI=1S/C17H22N4OS/c1-13-8-6-7-11-20(13)16(22)12-23-17-19-18-14(2)21(17)15-9-4-3-5-10-15/h3-5,9-10,13H,6-8,11-12H2,1-2H3. The lowest BCUT2D eigenvalue weighted by Gasteiger charge is -2.33. The van der Waals surface area contributed by atoms with Gasteiger partial charge in [-0.25, -0.2) is 0 Å². The average molecular weight is 330 g/mol. The molecule has 5 nitrogen and oxygen atoms in total. The smallest absolute Gasteiger partial charge is 0.233 e. The number of aryl methyl sites for hydroxylation is 1. The van der Waals surface area contributed by atoms with E-state index in [0.717, 1.165) is 36.1 Å². The second-order valence-electron chi connectivity index (χ2n) is 5.92. The molecule has 1 aliphatic heterocycles. The molecule has 0 saturated carbocycles. The Kier molecular flexibility index (Phi) is 5.00. The Morgan fingerprint density at radius 2 is 2.04 bits per heavy atom. The molecular formula is C17H22N4OS. The van der Waals surface area contributed by atoms with E-state index in [-0.39, 0.29) is 5.91 Å². The van der Waals surface area contributed by atoms with Gasteiger partial charge in [-0.15, -0.1) is 10.2 Å². The van der Waals surface area contributed by atoms with Crippen molar-refractivity contribution < 1.29 is 4.79 Å². The summed E-state index contributed by atoms with van der Waals surface area (Å²) >= 11 is 1.46. The minimum Gasteiger partial charge on any atom is -0.339 e. The first-order valence-electron chi connectivity index (χ1n) is 8.06. The Labute approximate surface area is 141 Å². The number of likely N-dealkylation sites (tertiary alicyclic amines) is 1. The molecule has 0 N–H and O–H groups in total. The highest BCUT2D eigenvalue weighted by atomic mass is 32.2. The number of carbonyl (C=O) groups is 1. The molecule has 0 spiro atoms. The van der Waals surface area contributed by atoms with Gasteiger partial charge in [-0.1, -0.05) is 30.0 Å². The first-order valence-corrected chi connectivity index (χ1v) is 9.05. The van der Waals surface area contributed by atoms with Crippen LogP contribution in [0.25, 0.3) is 5.69 Å². The van der Waals surface area contributed by atoms with Gasteiger partial charge >= 0.3 is 0 Å². The summed E-state index contributed by atoms with van der Waals surface area (Å²) in [6.45, 7) is 4.95. The van der Waals surface area contributed by atoms with E-state index in [1.165, 1.54) is 18.2 Å². The van der Waals surface area contributed by atoms with Crippen LogP contribution < -0.4 is 0 Å². The van der Waals surface area contributed by atoms with Crippen molar-refractivity contribution in [3.8, 4) is 5.69 Å². The van der Waals surface area contributed by atoms with E-state index in [9.17, 15) is 4.79 Å². The van der Waals surface area contributed by atoms with Gasteiger partial charge in [0, 0.05) is 18.3 Å². The number of para-hydroxylation sites is 1. The maximum atomic E-state index is 12.5. The Morgan fingerprint density at radius 1 is 1.26 bits per heavy atom. The van der Waals surface area contributed by atoms with Crippen LogP contribution in [0.5, 0.6) is 0 Å². The lowest BCUT2D eigenvalue weighted by Crippen LogP contribution is -2.42. The van der Waals surface area contributed by atoms with Gasteiger partial charge in [-0.2, -0.15) is 0 Å². The number of carbonyl (C=O) groups excluding carboxylic acids is 1. The lowest BCUT2D eigenvalue weighted by molar-refractivity contribution is -0.131. The predicted octanol–water partition coefficient (Wildman–Crippen LogP) is 3.07. The summed E-state index contributed by atoms with van der Waals surface area (Å²) < 4.78 is 2.00. The zero-order valence-electron chi connectivity index (χ0n) is 13.6. The number of hydrogen-bond donors (Lipinski definition) is 0. The maximum Gasteiger partial charge on any atom is 0.233 e. The summed E-state index contributed by atoms with van der Waals surface area (Å²) in [4.78, 5) is 14.5. The van der Waals surface area contributed by atoms with Crippen LogP contribution in [0.4, 0.5) is 0 Å². The monoisotopic (exact) mass is 330 g/mol. The summed E-state index contributed by atoms with van der Waals surface area (Å²) in [5.74, 6) is 1.44. The number of rotatable bonds is 4. The summed E-state index contributed by atoms with van der Waals surface area (Å²) in [7, 11) is 0. The average Bonchev–Trinajstić information content (AvgIpc) is 2.94. The lowest BCUT2D eigenvalue weighted by atomic mass is 10.0. The Balaban J connectivity index is 1.71. The minimum absolute atomic E-state index is 0.197. The Bertz CT molecular complexity index is 670. The minimum atomic E-state index is 0.197. The number of amides is 1. The fourth-order valence-electron chi connectivity index (χ4n) is 2.99. The van der Waals surface area contributed by atoms with Gasteiger partial charge < -0.3 is 4.90 Å². The summed E-state index contributed by atoms with van der Waals surface area (Å²) in [6.07, 6.45) is 3.44. The van der Waals surface area contributed by atoms with Crippen LogP contribution in [0.2, 0.25) is 0 Å².